The van der Waals surface area contributed by atoms with Crippen LogP contribution in [-0.2, 0) is 6.54 Å². The van der Waals surface area contributed by atoms with E-state index in [9.17, 15) is 4.79 Å². The summed E-state index contributed by atoms with van der Waals surface area (Å²) >= 11 is 0. The molecule has 0 bridgehead atoms. The van der Waals surface area contributed by atoms with Crippen LogP contribution in [0.1, 0.15) is 5.56 Å². The largest absolute Gasteiger partial charge is 0.294 e. The topological polar surface area (TPSA) is 34.9 Å². The van der Waals surface area contributed by atoms with Gasteiger partial charge < -0.3 is 0 Å². The molecule has 4 aromatic rings. The van der Waals surface area contributed by atoms with E-state index in [-0.39, 0.29) is 5.56 Å². The molecule has 0 atom stereocenters. The first-order valence-corrected chi connectivity index (χ1v) is 7.90. The fourth-order valence-corrected chi connectivity index (χ4v) is 2.90. The molecule has 0 aliphatic rings. The molecule has 3 aromatic carbocycles. The van der Waals surface area contributed by atoms with Crippen molar-refractivity contribution in [3.05, 3.63) is 101 Å². The number of aromatic nitrogens is 2. The van der Waals surface area contributed by atoms with Crippen molar-refractivity contribution in [1.29, 1.82) is 0 Å². The second-order valence-electron chi connectivity index (χ2n) is 5.76. The summed E-state index contributed by atoms with van der Waals surface area (Å²) in [7, 11) is 0. The first-order chi connectivity index (χ1) is 11.8. The molecule has 0 aliphatic carbocycles. The van der Waals surface area contributed by atoms with Crippen LogP contribution in [0.2, 0.25) is 0 Å². The average molecular weight is 312 g/mol. The Morgan fingerprint density at radius 2 is 1.54 bits per heavy atom. The quantitative estimate of drug-likeness (QED) is 0.570. The van der Waals surface area contributed by atoms with E-state index in [1.807, 2.05) is 54.6 Å². The number of hydrogen-bond donors (Lipinski definition) is 0. The van der Waals surface area contributed by atoms with Crippen molar-refractivity contribution in [3.8, 4) is 11.1 Å². The van der Waals surface area contributed by atoms with E-state index < -0.39 is 0 Å². The van der Waals surface area contributed by atoms with E-state index in [0.717, 1.165) is 16.6 Å². The highest BCUT2D eigenvalue weighted by Crippen LogP contribution is 2.20. The Bertz CT molecular complexity index is 1050. The molecule has 1 heterocycles. The van der Waals surface area contributed by atoms with E-state index >= 15 is 0 Å². The summed E-state index contributed by atoms with van der Waals surface area (Å²) in [6.45, 7) is 0.511. The molecule has 4 rings (SSSR count). The number of rotatable bonds is 3. The highest BCUT2D eigenvalue weighted by molar-refractivity contribution is 5.76. The Balaban J connectivity index is 1.72. The summed E-state index contributed by atoms with van der Waals surface area (Å²) in [4.78, 5) is 17.0. The fraction of sp³-hybridized carbons (Fsp3) is 0.0476. The number of nitrogens with zero attached hydrogens (tertiary/aromatic N) is 2. The Labute approximate surface area is 139 Å². The lowest BCUT2D eigenvalue weighted by Crippen LogP contribution is -2.21. The summed E-state index contributed by atoms with van der Waals surface area (Å²) in [6, 6.07) is 25.9. The molecule has 0 saturated heterocycles. The molecular weight excluding hydrogens is 296 g/mol. The van der Waals surface area contributed by atoms with E-state index in [1.165, 1.54) is 5.56 Å². The average Bonchev–Trinajstić information content (AvgIpc) is 2.65. The van der Waals surface area contributed by atoms with Gasteiger partial charge in [0.2, 0.25) is 0 Å². The zero-order chi connectivity index (χ0) is 16.4. The molecule has 116 valence electrons. The summed E-state index contributed by atoms with van der Waals surface area (Å²) in [5.74, 6) is 0. The minimum Gasteiger partial charge on any atom is -0.294 e. The fourth-order valence-electron chi connectivity index (χ4n) is 2.90. The summed E-state index contributed by atoms with van der Waals surface area (Å²) in [6.07, 6.45) is 1.62. The standard InChI is InChI=1S/C21H16N2O/c24-21-19-11-4-5-12-20(19)22-15-23(21)14-16-7-6-10-18(13-16)17-8-2-1-3-9-17/h1-13,15H,14H2. The first-order valence-electron chi connectivity index (χ1n) is 7.90. The van der Waals surface area contributed by atoms with Crippen LogP contribution in [0.3, 0.4) is 0 Å². The summed E-state index contributed by atoms with van der Waals surface area (Å²) in [5, 5.41) is 0.652. The molecule has 1 aromatic heterocycles. The van der Waals surface area contributed by atoms with Gasteiger partial charge in [-0.05, 0) is 34.9 Å². The smallest absolute Gasteiger partial charge is 0.261 e. The summed E-state index contributed by atoms with van der Waals surface area (Å²) in [5.41, 5.74) is 4.12. The van der Waals surface area contributed by atoms with Gasteiger partial charge in [0, 0.05) is 0 Å². The van der Waals surface area contributed by atoms with Crippen LogP contribution in [-0.4, -0.2) is 9.55 Å². The van der Waals surface area contributed by atoms with Crippen LogP contribution in [0, 0.1) is 0 Å². The van der Waals surface area contributed by atoms with Crippen molar-refractivity contribution < 1.29 is 0 Å². The molecule has 0 amide bonds. The van der Waals surface area contributed by atoms with Crippen LogP contribution in [0.4, 0.5) is 0 Å². The lowest BCUT2D eigenvalue weighted by Gasteiger charge is -2.09. The molecule has 0 aliphatic heterocycles. The van der Waals surface area contributed by atoms with E-state index in [4.69, 9.17) is 0 Å². The number of benzene rings is 3. The lowest BCUT2D eigenvalue weighted by molar-refractivity contribution is 0.748. The maximum atomic E-state index is 12.6. The summed E-state index contributed by atoms with van der Waals surface area (Å²) < 4.78 is 1.66. The van der Waals surface area contributed by atoms with Gasteiger partial charge >= 0.3 is 0 Å². The molecule has 0 spiro atoms. The molecule has 3 nitrogen and oxygen atoms in total. The van der Waals surface area contributed by atoms with Gasteiger partial charge in [-0.3, -0.25) is 9.36 Å². The van der Waals surface area contributed by atoms with Crippen molar-refractivity contribution in [2.75, 3.05) is 0 Å². The maximum absolute atomic E-state index is 12.6. The molecule has 0 N–H and O–H groups in total. The monoisotopic (exact) mass is 312 g/mol. The van der Waals surface area contributed by atoms with Crippen LogP contribution in [0.5, 0.6) is 0 Å². The molecule has 0 saturated carbocycles. The second-order valence-corrected chi connectivity index (χ2v) is 5.76. The van der Waals surface area contributed by atoms with E-state index in [1.54, 1.807) is 10.9 Å². The van der Waals surface area contributed by atoms with Crippen molar-refractivity contribution in [2.45, 2.75) is 6.54 Å². The van der Waals surface area contributed by atoms with Crippen LogP contribution >= 0.6 is 0 Å². The molecule has 24 heavy (non-hydrogen) atoms. The van der Waals surface area contributed by atoms with Gasteiger partial charge in [0.15, 0.2) is 0 Å². The van der Waals surface area contributed by atoms with Gasteiger partial charge in [0.25, 0.3) is 5.56 Å². The molecular formula is C21H16N2O. The third-order valence-electron chi connectivity index (χ3n) is 4.12. The molecule has 0 unspecified atom stereocenters. The van der Waals surface area contributed by atoms with E-state index in [0.29, 0.717) is 11.9 Å². The predicted molar refractivity (Wildman–Crippen MR) is 97.0 cm³/mol. The molecule has 3 heteroatoms. The second kappa shape index (κ2) is 6.13. The third kappa shape index (κ3) is 2.72. The van der Waals surface area contributed by atoms with Crippen LogP contribution in [0.25, 0.3) is 22.0 Å². The lowest BCUT2D eigenvalue weighted by atomic mass is 10.0. The zero-order valence-electron chi connectivity index (χ0n) is 13.1. The highest BCUT2D eigenvalue weighted by Gasteiger charge is 2.05. The highest BCUT2D eigenvalue weighted by atomic mass is 16.1. The number of hydrogen-bond acceptors (Lipinski definition) is 2. The Hall–Kier alpha value is -3.20. The van der Waals surface area contributed by atoms with Crippen LogP contribution < -0.4 is 5.56 Å². The SMILES string of the molecule is O=c1c2ccccc2ncn1Cc1cccc(-c2ccccc2)c1. The molecule has 0 fully saturated rings. The minimum absolute atomic E-state index is 0.00860. The first kappa shape index (κ1) is 14.4. The van der Waals surface area contributed by atoms with Gasteiger partial charge in [-0.25, -0.2) is 4.98 Å². The number of para-hydroxylation sites is 1. The van der Waals surface area contributed by atoms with Gasteiger partial charge in [-0.1, -0.05) is 60.7 Å². The van der Waals surface area contributed by atoms with Gasteiger partial charge in [-0.2, -0.15) is 0 Å². The zero-order valence-corrected chi connectivity index (χ0v) is 13.1. The van der Waals surface area contributed by atoms with Gasteiger partial charge in [0.1, 0.15) is 0 Å². The van der Waals surface area contributed by atoms with Gasteiger partial charge in [0.05, 0.1) is 23.8 Å². The van der Waals surface area contributed by atoms with Crippen molar-refractivity contribution in [1.82, 2.24) is 9.55 Å². The minimum atomic E-state index is -0.00860. The normalized spacial score (nSPS) is 10.8. The van der Waals surface area contributed by atoms with E-state index in [2.05, 4.69) is 29.2 Å². The van der Waals surface area contributed by atoms with Crippen molar-refractivity contribution in [3.63, 3.8) is 0 Å². The predicted octanol–water partition coefficient (Wildman–Crippen LogP) is 4.11. The Morgan fingerprint density at radius 3 is 2.42 bits per heavy atom. The third-order valence-corrected chi connectivity index (χ3v) is 4.12. The Morgan fingerprint density at radius 1 is 0.792 bits per heavy atom. The molecule has 0 radical (unpaired) electrons. The van der Waals surface area contributed by atoms with Crippen LogP contribution in [0.15, 0.2) is 90.0 Å². The number of fused-ring (bicyclic) bond motifs is 1. The maximum Gasteiger partial charge on any atom is 0.261 e. The van der Waals surface area contributed by atoms with Crippen molar-refractivity contribution >= 4 is 10.9 Å². The van der Waals surface area contributed by atoms with Gasteiger partial charge in [-0.15, -0.1) is 0 Å². The Kier molecular flexibility index (Phi) is 3.67. The van der Waals surface area contributed by atoms with Crippen molar-refractivity contribution in [2.24, 2.45) is 0 Å².